The predicted octanol–water partition coefficient (Wildman–Crippen LogP) is 1.46. The molecule has 0 aromatic rings. The molecule has 92 valence electrons. The van der Waals surface area contributed by atoms with Crippen LogP contribution in [0.4, 0.5) is 4.79 Å². The number of carbonyl (C=O) groups is 2. The van der Waals surface area contributed by atoms with Crippen LogP contribution in [0, 0.1) is 0 Å². The van der Waals surface area contributed by atoms with E-state index >= 15 is 0 Å². The fourth-order valence-electron chi connectivity index (χ4n) is 1.30. The molecule has 16 heavy (non-hydrogen) atoms. The summed E-state index contributed by atoms with van der Waals surface area (Å²) in [5, 5.41) is 11.4. The molecule has 0 rings (SSSR count). The van der Waals surface area contributed by atoms with Crippen molar-refractivity contribution >= 4 is 12.0 Å². The van der Waals surface area contributed by atoms with E-state index in [1.165, 1.54) is 11.0 Å². The summed E-state index contributed by atoms with van der Waals surface area (Å²) in [7, 11) is 0. The van der Waals surface area contributed by atoms with Crippen LogP contribution in [-0.4, -0.2) is 41.1 Å². The first-order valence-electron chi connectivity index (χ1n) is 5.43. The molecule has 0 unspecified atom stereocenters. The third kappa shape index (κ3) is 5.38. The minimum Gasteiger partial charge on any atom is -0.480 e. The smallest absolute Gasteiger partial charge is 0.323 e. The number of rotatable bonds is 7. The minimum atomic E-state index is -1.03. The van der Waals surface area contributed by atoms with Gasteiger partial charge in [-0.25, -0.2) is 4.79 Å². The van der Waals surface area contributed by atoms with Crippen LogP contribution in [0.25, 0.3) is 0 Å². The average Bonchev–Trinajstić information content (AvgIpc) is 2.24. The van der Waals surface area contributed by atoms with Gasteiger partial charge in [0.1, 0.15) is 6.54 Å². The Bertz CT molecular complexity index is 250. The SMILES string of the molecule is C=CCN(CC(=O)O)C(=O)NC(CC)CC. The highest BCUT2D eigenvalue weighted by Crippen LogP contribution is 1.99. The first-order valence-corrected chi connectivity index (χ1v) is 5.43. The molecule has 0 heterocycles. The van der Waals surface area contributed by atoms with Crippen molar-refractivity contribution < 1.29 is 14.7 Å². The Morgan fingerprint density at radius 2 is 2.00 bits per heavy atom. The molecule has 0 aliphatic heterocycles. The van der Waals surface area contributed by atoms with Crippen molar-refractivity contribution in [2.45, 2.75) is 32.7 Å². The molecule has 0 fully saturated rings. The topological polar surface area (TPSA) is 69.6 Å². The summed E-state index contributed by atoms with van der Waals surface area (Å²) in [5.74, 6) is -1.03. The summed E-state index contributed by atoms with van der Waals surface area (Å²) in [5.41, 5.74) is 0. The first kappa shape index (κ1) is 14.5. The lowest BCUT2D eigenvalue weighted by atomic mass is 10.2. The largest absolute Gasteiger partial charge is 0.480 e. The van der Waals surface area contributed by atoms with Crippen molar-refractivity contribution in [3.05, 3.63) is 12.7 Å². The predicted molar refractivity (Wildman–Crippen MR) is 62.3 cm³/mol. The maximum Gasteiger partial charge on any atom is 0.323 e. The Hall–Kier alpha value is -1.52. The number of carbonyl (C=O) groups excluding carboxylic acids is 1. The van der Waals surface area contributed by atoms with Gasteiger partial charge in [-0.1, -0.05) is 19.9 Å². The quantitative estimate of drug-likeness (QED) is 0.648. The molecular weight excluding hydrogens is 208 g/mol. The number of aliphatic carboxylic acids is 1. The molecule has 0 aliphatic rings. The van der Waals surface area contributed by atoms with E-state index in [1.54, 1.807) is 0 Å². The summed E-state index contributed by atoms with van der Waals surface area (Å²) in [4.78, 5) is 23.5. The Balaban J connectivity index is 4.35. The van der Waals surface area contributed by atoms with E-state index in [-0.39, 0.29) is 25.2 Å². The molecule has 2 amide bonds. The molecule has 0 aromatic carbocycles. The van der Waals surface area contributed by atoms with E-state index in [0.29, 0.717) is 0 Å². The highest BCUT2D eigenvalue weighted by Gasteiger charge is 2.17. The highest BCUT2D eigenvalue weighted by molar-refractivity contribution is 5.80. The average molecular weight is 228 g/mol. The van der Waals surface area contributed by atoms with Crippen LogP contribution in [0.3, 0.4) is 0 Å². The van der Waals surface area contributed by atoms with Gasteiger partial charge in [0.2, 0.25) is 0 Å². The molecular formula is C11H20N2O3. The lowest BCUT2D eigenvalue weighted by Gasteiger charge is -2.23. The zero-order valence-electron chi connectivity index (χ0n) is 9.90. The Labute approximate surface area is 96.1 Å². The molecule has 0 atom stereocenters. The number of nitrogens with one attached hydrogen (secondary N) is 1. The molecule has 0 saturated carbocycles. The summed E-state index contributed by atoms with van der Waals surface area (Å²) < 4.78 is 0. The summed E-state index contributed by atoms with van der Waals surface area (Å²) in [6.07, 6.45) is 3.17. The highest BCUT2D eigenvalue weighted by atomic mass is 16.4. The van der Waals surface area contributed by atoms with Crippen LogP contribution < -0.4 is 5.32 Å². The number of urea groups is 1. The van der Waals surface area contributed by atoms with Crippen molar-refractivity contribution in [2.24, 2.45) is 0 Å². The molecule has 0 aliphatic carbocycles. The van der Waals surface area contributed by atoms with Crippen molar-refractivity contribution in [1.29, 1.82) is 0 Å². The van der Waals surface area contributed by atoms with Gasteiger partial charge in [-0.3, -0.25) is 4.79 Å². The third-order valence-electron chi connectivity index (χ3n) is 2.28. The third-order valence-corrected chi connectivity index (χ3v) is 2.28. The van der Waals surface area contributed by atoms with Gasteiger partial charge in [0.25, 0.3) is 0 Å². The Morgan fingerprint density at radius 1 is 1.44 bits per heavy atom. The lowest BCUT2D eigenvalue weighted by Crippen LogP contribution is -2.46. The Kier molecular flexibility index (Phi) is 7.00. The van der Waals surface area contributed by atoms with Crippen molar-refractivity contribution in [2.75, 3.05) is 13.1 Å². The second kappa shape index (κ2) is 7.73. The fourth-order valence-corrected chi connectivity index (χ4v) is 1.30. The summed E-state index contributed by atoms with van der Waals surface area (Å²) in [6.45, 7) is 7.37. The van der Waals surface area contributed by atoms with Gasteiger partial charge in [0, 0.05) is 12.6 Å². The maximum atomic E-state index is 11.7. The van der Waals surface area contributed by atoms with Gasteiger partial charge in [-0.2, -0.15) is 0 Å². The van der Waals surface area contributed by atoms with Crippen LogP contribution in [0.2, 0.25) is 0 Å². The second-order valence-corrected chi connectivity index (χ2v) is 3.53. The summed E-state index contributed by atoms with van der Waals surface area (Å²) >= 11 is 0. The number of hydrogen-bond acceptors (Lipinski definition) is 2. The van der Waals surface area contributed by atoms with Crippen molar-refractivity contribution in [3.63, 3.8) is 0 Å². The van der Waals surface area contributed by atoms with Crippen molar-refractivity contribution in [1.82, 2.24) is 10.2 Å². The van der Waals surface area contributed by atoms with Crippen LogP contribution in [0.1, 0.15) is 26.7 Å². The van der Waals surface area contributed by atoms with E-state index in [1.807, 2.05) is 13.8 Å². The van der Waals surface area contributed by atoms with E-state index in [2.05, 4.69) is 11.9 Å². The number of carboxylic acids is 1. The molecule has 0 spiro atoms. The zero-order chi connectivity index (χ0) is 12.6. The second-order valence-electron chi connectivity index (χ2n) is 3.53. The minimum absolute atomic E-state index is 0.0913. The van der Waals surface area contributed by atoms with Crippen LogP contribution in [0.5, 0.6) is 0 Å². The van der Waals surface area contributed by atoms with E-state index in [4.69, 9.17) is 5.11 Å². The van der Waals surface area contributed by atoms with Crippen LogP contribution >= 0.6 is 0 Å². The normalized spacial score (nSPS) is 9.94. The Morgan fingerprint density at radius 3 is 2.38 bits per heavy atom. The standard InChI is InChI=1S/C11H20N2O3/c1-4-7-13(8-10(14)15)11(16)12-9(5-2)6-3/h4,9H,1,5-8H2,2-3H3,(H,12,16)(H,14,15). The molecule has 2 N–H and O–H groups in total. The lowest BCUT2D eigenvalue weighted by molar-refractivity contribution is -0.137. The van der Waals surface area contributed by atoms with Gasteiger partial charge in [-0.15, -0.1) is 6.58 Å². The monoisotopic (exact) mass is 228 g/mol. The molecule has 0 bridgehead atoms. The van der Waals surface area contributed by atoms with Gasteiger partial charge >= 0.3 is 12.0 Å². The maximum absolute atomic E-state index is 11.7. The van der Waals surface area contributed by atoms with E-state index < -0.39 is 5.97 Å². The van der Waals surface area contributed by atoms with Crippen molar-refractivity contribution in [3.8, 4) is 0 Å². The molecule has 0 saturated heterocycles. The van der Waals surface area contributed by atoms with E-state index in [9.17, 15) is 9.59 Å². The molecule has 0 aromatic heterocycles. The van der Waals surface area contributed by atoms with Crippen LogP contribution in [-0.2, 0) is 4.79 Å². The number of nitrogens with zero attached hydrogens (tertiary/aromatic N) is 1. The zero-order valence-corrected chi connectivity index (χ0v) is 9.90. The fraction of sp³-hybridized carbons (Fsp3) is 0.636. The van der Waals surface area contributed by atoms with E-state index in [0.717, 1.165) is 12.8 Å². The van der Waals surface area contributed by atoms with Crippen LogP contribution in [0.15, 0.2) is 12.7 Å². The summed E-state index contributed by atoms with van der Waals surface area (Å²) in [6, 6.07) is -0.260. The molecule has 0 radical (unpaired) electrons. The van der Waals surface area contributed by atoms with Gasteiger partial charge < -0.3 is 15.3 Å². The molecule has 5 heteroatoms. The van der Waals surface area contributed by atoms with Gasteiger partial charge in [0.05, 0.1) is 0 Å². The number of hydrogen-bond donors (Lipinski definition) is 2. The van der Waals surface area contributed by atoms with Gasteiger partial charge in [0.15, 0.2) is 0 Å². The van der Waals surface area contributed by atoms with Gasteiger partial charge in [-0.05, 0) is 12.8 Å². The number of carboxylic acid groups (broad SMARTS) is 1. The first-order chi connectivity index (χ1) is 7.54. The molecule has 5 nitrogen and oxygen atoms in total. The number of amides is 2.